The van der Waals surface area contributed by atoms with Gasteiger partial charge in [0.15, 0.2) is 6.61 Å². The zero-order valence-electron chi connectivity index (χ0n) is 16.5. The molecule has 28 heavy (non-hydrogen) atoms. The van der Waals surface area contributed by atoms with E-state index in [4.69, 9.17) is 4.74 Å². The molecule has 0 unspecified atom stereocenters. The van der Waals surface area contributed by atoms with Crippen LogP contribution < -0.4 is 10.6 Å². The van der Waals surface area contributed by atoms with Crippen LogP contribution in [0, 0.1) is 31.6 Å². The summed E-state index contributed by atoms with van der Waals surface area (Å²) >= 11 is 0. The molecule has 4 aliphatic carbocycles. The van der Waals surface area contributed by atoms with Gasteiger partial charge in [0.05, 0.1) is 5.56 Å². The van der Waals surface area contributed by atoms with Gasteiger partial charge in [-0.25, -0.2) is 9.59 Å². The van der Waals surface area contributed by atoms with Crippen LogP contribution in [0.2, 0.25) is 0 Å². The predicted molar refractivity (Wildman–Crippen MR) is 104 cm³/mol. The van der Waals surface area contributed by atoms with Crippen LogP contribution in [-0.2, 0) is 9.53 Å². The molecule has 0 heterocycles. The summed E-state index contributed by atoms with van der Waals surface area (Å²) in [5.41, 5.74) is 2.01. The van der Waals surface area contributed by atoms with E-state index in [2.05, 4.69) is 10.6 Å². The molecule has 150 valence electrons. The summed E-state index contributed by atoms with van der Waals surface area (Å²) < 4.78 is 5.09. The highest BCUT2D eigenvalue weighted by atomic mass is 16.5. The number of hydrogen-bond acceptors (Lipinski definition) is 4. The molecule has 0 atom stereocenters. The maximum Gasteiger partial charge on any atom is 0.338 e. The molecule has 1 aromatic carbocycles. The average Bonchev–Trinajstić information content (AvgIpc) is 2.60. The van der Waals surface area contributed by atoms with Gasteiger partial charge < -0.3 is 10.1 Å². The van der Waals surface area contributed by atoms with Gasteiger partial charge in [0, 0.05) is 5.54 Å². The molecule has 5 rings (SSSR count). The summed E-state index contributed by atoms with van der Waals surface area (Å²) in [5, 5.41) is 5.40. The number of esters is 1. The van der Waals surface area contributed by atoms with Crippen LogP contribution in [0.15, 0.2) is 18.2 Å². The first-order valence-corrected chi connectivity index (χ1v) is 10.2. The van der Waals surface area contributed by atoms with E-state index in [0.29, 0.717) is 23.3 Å². The standard InChI is InChI=1S/C22H28N2O4/c1-13-3-4-14(2)18(5-13)20(26)28-12-19(25)23-21(27)24-22-9-15-6-16(10-22)8-17(7-15)11-22/h3-5,15-17H,6-12H2,1-2H3,(H2,23,24,25,27). The number of amides is 3. The molecule has 0 spiro atoms. The normalized spacial score (nSPS) is 30.0. The lowest BCUT2D eigenvalue weighted by atomic mass is 9.53. The first-order chi connectivity index (χ1) is 13.3. The number of imide groups is 1. The molecular weight excluding hydrogens is 356 g/mol. The van der Waals surface area contributed by atoms with E-state index in [1.807, 2.05) is 26.0 Å². The van der Waals surface area contributed by atoms with Crippen molar-refractivity contribution in [2.75, 3.05) is 6.61 Å². The zero-order valence-corrected chi connectivity index (χ0v) is 16.5. The van der Waals surface area contributed by atoms with Crippen LogP contribution in [0.5, 0.6) is 0 Å². The Morgan fingerprint density at radius 3 is 2.25 bits per heavy atom. The fourth-order valence-corrected chi connectivity index (χ4v) is 5.86. The molecule has 4 aliphatic rings. The molecule has 6 heteroatoms. The van der Waals surface area contributed by atoms with Gasteiger partial charge in [0.1, 0.15) is 0 Å². The fourth-order valence-electron chi connectivity index (χ4n) is 5.86. The highest BCUT2D eigenvalue weighted by Crippen LogP contribution is 2.55. The molecule has 3 amide bonds. The smallest absolute Gasteiger partial charge is 0.338 e. The number of urea groups is 1. The van der Waals surface area contributed by atoms with Crippen molar-refractivity contribution in [1.29, 1.82) is 0 Å². The molecule has 6 nitrogen and oxygen atoms in total. The van der Waals surface area contributed by atoms with Crippen LogP contribution in [0.25, 0.3) is 0 Å². The van der Waals surface area contributed by atoms with Crippen molar-refractivity contribution in [3.05, 3.63) is 34.9 Å². The van der Waals surface area contributed by atoms with Crippen LogP contribution in [0.3, 0.4) is 0 Å². The topological polar surface area (TPSA) is 84.5 Å². The Labute approximate surface area is 165 Å². The van der Waals surface area contributed by atoms with Gasteiger partial charge in [-0.1, -0.05) is 17.7 Å². The van der Waals surface area contributed by atoms with Crippen LogP contribution in [0.4, 0.5) is 4.79 Å². The number of carbonyl (C=O) groups is 3. The van der Waals surface area contributed by atoms with Crippen molar-refractivity contribution in [3.63, 3.8) is 0 Å². The van der Waals surface area contributed by atoms with Gasteiger partial charge >= 0.3 is 12.0 Å². The summed E-state index contributed by atoms with van der Waals surface area (Å²) in [7, 11) is 0. The molecule has 4 fully saturated rings. The van der Waals surface area contributed by atoms with Crippen molar-refractivity contribution in [3.8, 4) is 0 Å². The molecule has 4 bridgehead atoms. The minimum absolute atomic E-state index is 0.158. The minimum atomic E-state index is -0.610. The Balaban J connectivity index is 1.28. The number of ether oxygens (including phenoxy) is 1. The lowest BCUT2D eigenvalue weighted by Crippen LogP contribution is -2.62. The summed E-state index contributed by atoms with van der Waals surface area (Å²) in [6.45, 7) is 3.23. The Morgan fingerprint density at radius 1 is 1.04 bits per heavy atom. The summed E-state index contributed by atoms with van der Waals surface area (Å²) in [6.07, 6.45) is 6.91. The molecule has 4 saturated carbocycles. The number of nitrogens with one attached hydrogen (secondary N) is 2. The second-order valence-electron chi connectivity index (χ2n) is 9.09. The van der Waals surface area contributed by atoms with Gasteiger partial charge in [-0.2, -0.15) is 0 Å². The molecule has 2 N–H and O–H groups in total. The van der Waals surface area contributed by atoms with Crippen molar-refractivity contribution < 1.29 is 19.1 Å². The van der Waals surface area contributed by atoms with Gasteiger partial charge in [0.2, 0.25) is 0 Å². The van der Waals surface area contributed by atoms with Crippen molar-refractivity contribution in [1.82, 2.24) is 10.6 Å². The van der Waals surface area contributed by atoms with Gasteiger partial charge in [-0.05, 0) is 81.8 Å². The monoisotopic (exact) mass is 384 g/mol. The molecular formula is C22H28N2O4. The van der Waals surface area contributed by atoms with Crippen LogP contribution >= 0.6 is 0 Å². The lowest BCUT2D eigenvalue weighted by molar-refractivity contribution is -0.123. The van der Waals surface area contributed by atoms with E-state index >= 15 is 0 Å². The number of benzene rings is 1. The van der Waals surface area contributed by atoms with Crippen molar-refractivity contribution >= 4 is 17.9 Å². The molecule has 0 aliphatic heterocycles. The van der Waals surface area contributed by atoms with Gasteiger partial charge in [-0.3, -0.25) is 10.1 Å². The Kier molecular flexibility index (Phi) is 4.89. The first kappa shape index (κ1) is 19.0. The predicted octanol–water partition coefficient (Wildman–Crippen LogP) is 3.25. The minimum Gasteiger partial charge on any atom is -0.452 e. The van der Waals surface area contributed by atoms with Crippen molar-refractivity contribution in [2.45, 2.75) is 57.9 Å². The fraction of sp³-hybridized carbons (Fsp3) is 0.591. The van der Waals surface area contributed by atoms with Gasteiger partial charge in [0.25, 0.3) is 5.91 Å². The molecule has 0 saturated heterocycles. The van der Waals surface area contributed by atoms with E-state index < -0.39 is 24.5 Å². The van der Waals surface area contributed by atoms with E-state index in [1.54, 1.807) is 6.07 Å². The Bertz CT molecular complexity index is 781. The largest absolute Gasteiger partial charge is 0.452 e. The summed E-state index contributed by atoms with van der Waals surface area (Å²) in [4.78, 5) is 36.6. The second-order valence-corrected chi connectivity index (χ2v) is 9.09. The lowest BCUT2D eigenvalue weighted by Gasteiger charge is -2.56. The van der Waals surface area contributed by atoms with Gasteiger partial charge in [-0.15, -0.1) is 0 Å². The average molecular weight is 384 g/mol. The maximum atomic E-state index is 12.4. The highest BCUT2D eigenvalue weighted by molar-refractivity contribution is 5.97. The molecule has 0 aromatic heterocycles. The van der Waals surface area contributed by atoms with Crippen LogP contribution in [-0.4, -0.2) is 30.1 Å². The van der Waals surface area contributed by atoms with Crippen LogP contribution in [0.1, 0.15) is 60.0 Å². The number of aryl methyl sites for hydroxylation is 2. The first-order valence-electron chi connectivity index (χ1n) is 10.2. The maximum absolute atomic E-state index is 12.4. The number of rotatable bonds is 4. The van der Waals surface area contributed by atoms with Crippen molar-refractivity contribution in [2.24, 2.45) is 17.8 Å². The second kappa shape index (κ2) is 7.22. The highest BCUT2D eigenvalue weighted by Gasteiger charge is 2.51. The Hall–Kier alpha value is -2.37. The Morgan fingerprint density at radius 2 is 1.64 bits per heavy atom. The van der Waals surface area contributed by atoms with E-state index in [9.17, 15) is 14.4 Å². The third-order valence-corrected chi connectivity index (χ3v) is 6.62. The molecule has 0 radical (unpaired) electrons. The van der Waals surface area contributed by atoms with E-state index in [0.717, 1.165) is 30.4 Å². The number of hydrogen-bond donors (Lipinski definition) is 2. The third-order valence-electron chi connectivity index (χ3n) is 6.62. The summed E-state index contributed by atoms with van der Waals surface area (Å²) in [5.74, 6) is 0.959. The zero-order chi connectivity index (χ0) is 19.9. The SMILES string of the molecule is Cc1ccc(C)c(C(=O)OCC(=O)NC(=O)NC23CC4CC(CC(C4)C2)C3)c1. The third kappa shape index (κ3) is 3.91. The summed E-state index contributed by atoms with van der Waals surface area (Å²) in [6, 6.07) is 5.00. The quantitative estimate of drug-likeness (QED) is 0.781. The van der Waals surface area contributed by atoms with E-state index in [-0.39, 0.29) is 5.54 Å². The number of carbonyl (C=O) groups excluding carboxylic acids is 3. The molecule has 1 aromatic rings. The van der Waals surface area contributed by atoms with E-state index in [1.165, 1.54) is 19.3 Å².